The Labute approximate surface area is 76.2 Å². The van der Waals surface area contributed by atoms with E-state index in [2.05, 4.69) is 10.0 Å². The first-order valence-corrected chi connectivity index (χ1v) is 3.33. The summed E-state index contributed by atoms with van der Waals surface area (Å²) in [4.78, 5) is 12.8. The van der Waals surface area contributed by atoms with Crippen LogP contribution in [0.4, 0.5) is 14.5 Å². The minimum absolute atomic E-state index is 0.459. The van der Waals surface area contributed by atoms with Gasteiger partial charge >= 0.3 is 5.97 Å². The van der Waals surface area contributed by atoms with Gasteiger partial charge in [-0.1, -0.05) is 5.11 Å². The number of rotatable bonds is 2. The van der Waals surface area contributed by atoms with Gasteiger partial charge in [0.05, 0.1) is 11.3 Å². The van der Waals surface area contributed by atoms with Crippen molar-refractivity contribution in [2.24, 2.45) is 5.11 Å². The molecule has 0 fully saturated rings. The molecule has 0 amide bonds. The summed E-state index contributed by atoms with van der Waals surface area (Å²) in [6, 6.07) is 0.986. The molecule has 0 spiro atoms. The van der Waals surface area contributed by atoms with Crippen LogP contribution < -0.4 is 0 Å². The van der Waals surface area contributed by atoms with Crippen molar-refractivity contribution in [1.82, 2.24) is 0 Å². The summed E-state index contributed by atoms with van der Waals surface area (Å²) in [7, 11) is 0. The van der Waals surface area contributed by atoms with Crippen molar-refractivity contribution in [1.29, 1.82) is 0 Å². The lowest BCUT2D eigenvalue weighted by Gasteiger charge is -2.00. The van der Waals surface area contributed by atoms with E-state index in [1.807, 2.05) is 0 Å². The highest BCUT2D eigenvalue weighted by atomic mass is 19.2. The quantitative estimate of drug-likeness (QED) is 0.450. The number of halogens is 2. The van der Waals surface area contributed by atoms with Crippen LogP contribution in [0.5, 0.6) is 0 Å². The average molecular weight is 199 g/mol. The van der Waals surface area contributed by atoms with Gasteiger partial charge in [-0.25, -0.2) is 13.6 Å². The molecular weight excluding hydrogens is 196 g/mol. The third-order valence-corrected chi connectivity index (χ3v) is 1.42. The van der Waals surface area contributed by atoms with Crippen molar-refractivity contribution in [3.8, 4) is 0 Å². The van der Waals surface area contributed by atoms with Crippen LogP contribution in [0.3, 0.4) is 0 Å². The minimum Gasteiger partial charge on any atom is -0.478 e. The number of hydrogen-bond donors (Lipinski definition) is 1. The Balaban J connectivity index is 3.45. The summed E-state index contributed by atoms with van der Waals surface area (Å²) >= 11 is 0. The molecule has 1 N–H and O–H groups in total. The predicted molar refractivity (Wildman–Crippen MR) is 42.1 cm³/mol. The monoisotopic (exact) mass is 199 g/mol. The molecule has 1 rings (SSSR count). The lowest BCUT2D eigenvalue weighted by Crippen LogP contribution is -1.99. The fourth-order valence-corrected chi connectivity index (χ4v) is 0.839. The molecule has 0 unspecified atom stereocenters. The molecular formula is C7H3F2N3O2. The van der Waals surface area contributed by atoms with E-state index in [0.717, 1.165) is 0 Å². The standard InChI is InChI=1S/C7H3F2N3O2/c8-4-1-3(7(13)14)6(11-12-10)2-5(4)9/h1-2H,(H,13,14). The number of benzene rings is 1. The number of hydrogen-bond acceptors (Lipinski definition) is 2. The first-order valence-electron chi connectivity index (χ1n) is 3.33. The molecule has 0 atom stereocenters. The van der Waals surface area contributed by atoms with Crippen molar-refractivity contribution in [3.05, 3.63) is 39.8 Å². The number of carbonyl (C=O) groups is 1. The highest BCUT2D eigenvalue weighted by Gasteiger charge is 2.13. The smallest absolute Gasteiger partial charge is 0.336 e. The number of carboxylic acid groups (broad SMARTS) is 1. The van der Waals surface area contributed by atoms with Gasteiger partial charge in [0.15, 0.2) is 11.6 Å². The molecule has 14 heavy (non-hydrogen) atoms. The molecule has 0 saturated heterocycles. The van der Waals surface area contributed by atoms with E-state index < -0.39 is 28.9 Å². The van der Waals surface area contributed by atoms with Crippen LogP contribution in [0.1, 0.15) is 10.4 Å². The zero-order valence-corrected chi connectivity index (χ0v) is 6.61. The maximum atomic E-state index is 12.6. The van der Waals surface area contributed by atoms with E-state index in [-0.39, 0.29) is 0 Å². The van der Waals surface area contributed by atoms with Gasteiger partial charge in [0.25, 0.3) is 0 Å². The zero-order valence-electron chi connectivity index (χ0n) is 6.61. The van der Waals surface area contributed by atoms with Gasteiger partial charge < -0.3 is 5.11 Å². The summed E-state index contributed by atoms with van der Waals surface area (Å²) in [5, 5.41) is 11.5. The van der Waals surface area contributed by atoms with Crippen molar-refractivity contribution >= 4 is 11.7 Å². The molecule has 0 bridgehead atoms. The number of aromatic carboxylic acids is 1. The number of carboxylic acids is 1. The molecule has 1 aromatic carbocycles. The Bertz CT molecular complexity index is 414. The average Bonchev–Trinajstić information content (AvgIpc) is 2.11. The highest BCUT2D eigenvalue weighted by Crippen LogP contribution is 2.22. The normalized spacial score (nSPS) is 9.29. The van der Waals surface area contributed by atoms with E-state index in [0.29, 0.717) is 12.1 Å². The van der Waals surface area contributed by atoms with Crippen LogP contribution >= 0.6 is 0 Å². The summed E-state index contributed by atoms with van der Waals surface area (Å²) in [5.74, 6) is -4.07. The number of nitrogens with zero attached hydrogens (tertiary/aromatic N) is 3. The fraction of sp³-hybridized carbons (Fsp3) is 0. The van der Waals surface area contributed by atoms with Crippen LogP contribution in [-0.2, 0) is 0 Å². The Morgan fingerprint density at radius 1 is 1.43 bits per heavy atom. The van der Waals surface area contributed by atoms with Gasteiger partial charge in [-0.3, -0.25) is 0 Å². The van der Waals surface area contributed by atoms with E-state index >= 15 is 0 Å². The molecule has 0 aliphatic heterocycles. The van der Waals surface area contributed by atoms with Gasteiger partial charge in [-0.05, 0) is 17.7 Å². The SMILES string of the molecule is [N-]=[N+]=Nc1cc(F)c(F)cc1C(=O)O. The molecule has 0 aliphatic rings. The summed E-state index contributed by atoms with van der Waals surface area (Å²) < 4.78 is 25.2. The maximum absolute atomic E-state index is 12.6. The molecule has 0 aromatic heterocycles. The van der Waals surface area contributed by atoms with Gasteiger partial charge in [0, 0.05) is 4.91 Å². The van der Waals surface area contributed by atoms with Crippen LogP contribution in [0.15, 0.2) is 17.2 Å². The third kappa shape index (κ3) is 1.78. The lowest BCUT2D eigenvalue weighted by molar-refractivity contribution is 0.0697. The molecule has 0 saturated carbocycles. The second kappa shape index (κ2) is 3.71. The van der Waals surface area contributed by atoms with E-state index in [9.17, 15) is 13.6 Å². The second-order valence-corrected chi connectivity index (χ2v) is 2.28. The van der Waals surface area contributed by atoms with Crippen LogP contribution in [-0.4, -0.2) is 11.1 Å². The van der Waals surface area contributed by atoms with Gasteiger partial charge in [-0.15, -0.1) is 0 Å². The lowest BCUT2D eigenvalue weighted by atomic mass is 10.2. The van der Waals surface area contributed by atoms with Crippen molar-refractivity contribution in [2.75, 3.05) is 0 Å². The maximum Gasteiger partial charge on any atom is 0.336 e. The predicted octanol–water partition coefficient (Wildman–Crippen LogP) is 2.60. The second-order valence-electron chi connectivity index (χ2n) is 2.28. The third-order valence-electron chi connectivity index (χ3n) is 1.42. The molecule has 72 valence electrons. The topological polar surface area (TPSA) is 86.1 Å². The van der Waals surface area contributed by atoms with E-state index in [1.165, 1.54) is 0 Å². The van der Waals surface area contributed by atoms with Gasteiger partial charge in [-0.2, -0.15) is 0 Å². The Hall–Kier alpha value is -2.14. The van der Waals surface area contributed by atoms with Crippen molar-refractivity contribution in [2.45, 2.75) is 0 Å². The molecule has 7 heteroatoms. The zero-order chi connectivity index (χ0) is 10.7. The first-order chi connectivity index (χ1) is 6.56. The van der Waals surface area contributed by atoms with E-state index in [4.69, 9.17) is 10.6 Å². The molecule has 1 aromatic rings. The van der Waals surface area contributed by atoms with E-state index in [1.54, 1.807) is 0 Å². The Morgan fingerprint density at radius 2 is 2.00 bits per heavy atom. The minimum atomic E-state index is -1.49. The first kappa shape index (κ1) is 9.94. The highest BCUT2D eigenvalue weighted by molar-refractivity contribution is 5.93. The molecule has 0 heterocycles. The van der Waals surface area contributed by atoms with Crippen LogP contribution in [0.2, 0.25) is 0 Å². The Morgan fingerprint density at radius 3 is 2.50 bits per heavy atom. The van der Waals surface area contributed by atoms with Crippen molar-refractivity contribution in [3.63, 3.8) is 0 Å². The molecule has 0 radical (unpaired) electrons. The summed E-state index contributed by atoms with van der Waals surface area (Å²) in [6.45, 7) is 0. The largest absolute Gasteiger partial charge is 0.478 e. The fourth-order valence-electron chi connectivity index (χ4n) is 0.839. The van der Waals surface area contributed by atoms with Gasteiger partial charge in [0.1, 0.15) is 0 Å². The Kier molecular flexibility index (Phi) is 2.64. The summed E-state index contributed by atoms with van der Waals surface area (Å²) in [6.07, 6.45) is 0. The van der Waals surface area contributed by atoms with Crippen LogP contribution in [0, 0.1) is 11.6 Å². The van der Waals surface area contributed by atoms with Crippen LogP contribution in [0.25, 0.3) is 10.4 Å². The van der Waals surface area contributed by atoms with Gasteiger partial charge in [0.2, 0.25) is 0 Å². The summed E-state index contributed by atoms with van der Waals surface area (Å²) in [5.41, 5.74) is 6.99. The molecule has 0 aliphatic carbocycles. The van der Waals surface area contributed by atoms with Crippen molar-refractivity contribution < 1.29 is 18.7 Å². The molecule has 5 nitrogen and oxygen atoms in total. The number of azide groups is 1.